The fourth-order valence-electron chi connectivity index (χ4n) is 7.68. The van der Waals surface area contributed by atoms with Gasteiger partial charge in [-0.3, -0.25) is 14.4 Å². The predicted molar refractivity (Wildman–Crippen MR) is 297 cm³/mol. The van der Waals surface area contributed by atoms with Crippen LogP contribution in [0.3, 0.4) is 0 Å². The molecule has 6 nitrogen and oxygen atoms in total. The maximum absolute atomic E-state index is 12.8. The summed E-state index contributed by atoms with van der Waals surface area (Å²) in [6.07, 6.45) is 75.5. The minimum absolute atomic E-state index is 0.118. The summed E-state index contributed by atoms with van der Waals surface area (Å²) in [5.41, 5.74) is 0. The van der Waals surface area contributed by atoms with Gasteiger partial charge in [-0.1, -0.05) is 227 Å². The van der Waals surface area contributed by atoms with Crippen molar-refractivity contribution in [2.45, 2.75) is 271 Å². The van der Waals surface area contributed by atoms with Crippen molar-refractivity contribution in [1.29, 1.82) is 0 Å². The van der Waals surface area contributed by atoms with Crippen molar-refractivity contribution in [3.05, 3.63) is 97.2 Å². The van der Waals surface area contributed by atoms with E-state index in [0.717, 1.165) is 70.6 Å². The van der Waals surface area contributed by atoms with Crippen molar-refractivity contribution in [2.75, 3.05) is 13.2 Å². The molecule has 0 spiro atoms. The van der Waals surface area contributed by atoms with Gasteiger partial charge in [-0.2, -0.15) is 0 Å². The number of unbranched alkanes of at least 4 members (excludes halogenated alkanes) is 24. The summed E-state index contributed by atoms with van der Waals surface area (Å²) in [4.78, 5) is 38.1. The van der Waals surface area contributed by atoms with Crippen molar-refractivity contribution in [3.8, 4) is 0 Å². The van der Waals surface area contributed by atoms with E-state index >= 15 is 0 Å². The lowest BCUT2D eigenvalue weighted by atomic mass is 10.1. The summed E-state index contributed by atoms with van der Waals surface area (Å²) < 4.78 is 16.8. The summed E-state index contributed by atoms with van der Waals surface area (Å²) >= 11 is 0. The molecule has 0 saturated heterocycles. The fourth-order valence-corrected chi connectivity index (χ4v) is 7.68. The molecule has 0 bridgehead atoms. The number of carbonyl (C=O) groups excluding carboxylic acids is 3. The van der Waals surface area contributed by atoms with E-state index in [9.17, 15) is 14.4 Å². The van der Waals surface area contributed by atoms with Gasteiger partial charge in [0.15, 0.2) is 6.10 Å². The summed E-state index contributed by atoms with van der Waals surface area (Å²) in [7, 11) is 0. The number of hydrogen-bond acceptors (Lipinski definition) is 6. The third-order valence-electron chi connectivity index (χ3n) is 12.0. The lowest BCUT2D eigenvalue weighted by molar-refractivity contribution is -0.167. The highest BCUT2D eigenvalue weighted by molar-refractivity contribution is 5.71. The largest absolute Gasteiger partial charge is 0.462 e. The molecule has 6 heteroatoms. The van der Waals surface area contributed by atoms with Gasteiger partial charge in [-0.15, -0.1) is 0 Å². The lowest BCUT2D eigenvalue weighted by Crippen LogP contribution is -2.30. The van der Waals surface area contributed by atoms with Gasteiger partial charge in [0.2, 0.25) is 0 Å². The van der Waals surface area contributed by atoms with Crippen LogP contribution in [0.5, 0.6) is 0 Å². The van der Waals surface area contributed by atoms with Crippen molar-refractivity contribution >= 4 is 17.9 Å². The third kappa shape index (κ3) is 55.1. The molecule has 0 aromatic rings. The minimum atomic E-state index is -0.829. The maximum Gasteiger partial charge on any atom is 0.306 e. The summed E-state index contributed by atoms with van der Waals surface area (Å²) in [5.74, 6) is -1.03. The average molecular weight is 960 g/mol. The molecule has 0 radical (unpaired) electrons. The predicted octanol–water partition coefficient (Wildman–Crippen LogP) is 19.3. The lowest BCUT2D eigenvalue weighted by Gasteiger charge is -2.18. The Morgan fingerprint density at radius 1 is 0.290 bits per heavy atom. The Morgan fingerprint density at radius 2 is 0.536 bits per heavy atom. The molecule has 0 amide bonds. The quantitative estimate of drug-likeness (QED) is 0.0262. The Hall–Kier alpha value is -3.67. The van der Waals surface area contributed by atoms with Gasteiger partial charge in [-0.25, -0.2) is 0 Å². The van der Waals surface area contributed by atoms with Gasteiger partial charge in [0.05, 0.1) is 0 Å². The Balaban J connectivity index is 4.55. The second kappa shape index (κ2) is 56.9. The van der Waals surface area contributed by atoms with Crippen LogP contribution in [-0.2, 0) is 28.6 Å². The number of esters is 3. The van der Waals surface area contributed by atoms with Crippen LogP contribution in [0, 0.1) is 0 Å². The molecule has 0 aliphatic rings. The van der Waals surface area contributed by atoms with E-state index in [1.165, 1.54) is 141 Å². The number of rotatable bonds is 51. The molecule has 0 rings (SSSR count). The summed E-state index contributed by atoms with van der Waals surface area (Å²) in [6.45, 7) is 6.51. The van der Waals surface area contributed by atoms with E-state index in [4.69, 9.17) is 14.2 Å². The Kier molecular flexibility index (Phi) is 53.9. The molecule has 0 heterocycles. The molecule has 69 heavy (non-hydrogen) atoms. The SMILES string of the molecule is CCCCC/C=C\C/C=C\CCCCCCCCCC(=O)OCC(COC(=O)CCC/C=C\C/C=C\C/C=C\CCCCCCCC)OC(=O)CCC/C=C\C/C=C\C/C=C\CCCCCCCC. The number of allylic oxidation sites excluding steroid dienone is 16. The smallest absolute Gasteiger partial charge is 0.306 e. The topological polar surface area (TPSA) is 78.9 Å². The number of ether oxygens (including phenoxy) is 3. The molecule has 0 aromatic carbocycles. The van der Waals surface area contributed by atoms with Crippen LogP contribution in [0.1, 0.15) is 265 Å². The Labute approximate surface area is 426 Å². The van der Waals surface area contributed by atoms with Crippen LogP contribution in [0.25, 0.3) is 0 Å². The van der Waals surface area contributed by atoms with Crippen molar-refractivity contribution in [3.63, 3.8) is 0 Å². The van der Waals surface area contributed by atoms with Crippen molar-refractivity contribution in [1.82, 2.24) is 0 Å². The second-order valence-corrected chi connectivity index (χ2v) is 18.8. The van der Waals surface area contributed by atoms with E-state index in [-0.39, 0.29) is 44.0 Å². The average Bonchev–Trinajstić information content (AvgIpc) is 3.35. The van der Waals surface area contributed by atoms with Crippen LogP contribution in [0.15, 0.2) is 97.2 Å². The zero-order chi connectivity index (χ0) is 50.0. The monoisotopic (exact) mass is 959 g/mol. The first-order chi connectivity index (χ1) is 34.0. The van der Waals surface area contributed by atoms with Crippen molar-refractivity contribution < 1.29 is 28.6 Å². The van der Waals surface area contributed by atoms with Gasteiger partial charge < -0.3 is 14.2 Å². The third-order valence-corrected chi connectivity index (χ3v) is 12.0. The first-order valence-electron chi connectivity index (χ1n) is 28.7. The zero-order valence-electron chi connectivity index (χ0n) is 45.0. The molecule has 1 unspecified atom stereocenters. The maximum atomic E-state index is 12.8. The molecule has 0 fully saturated rings. The van der Waals surface area contributed by atoms with Gasteiger partial charge in [0.1, 0.15) is 13.2 Å². The van der Waals surface area contributed by atoms with Crippen LogP contribution in [0.4, 0.5) is 0 Å². The number of carbonyl (C=O) groups is 3. The van der Waals surface area contributed by atoms with E-state index in [0.29, 0.717) is 19.3 Å². The van der Waals surface area contributed by atoms with E-state index in [1.807, 2.05) is 0 Å². The van der Waals surface area contributed by atoms with Gasteiger partial charge in [-0.05, 0) is 116 Å². The molecule has 0 aliphatic heterocycles. The normalized spacial score (nSPS) is 12.8. The standard InChI is InChI=1S/C63H106O6/c1-4-7-10-13-16-19-22-25-28-31-34-37-40-43-46-49-52-55-61(64)67-58-60(69-63(66)57-54-51-48-45-42-39-36-33-30-27-24-21-18-15-12-9-6-3)59-68-62(65)56-53-50-47-44-41-38-35-32-29-26-23-20-17-14-11-8-5-2/h16,19,25-30,35-36,38-39,44-45,47-48,60H,4-15,17-18,20-24,31-34,37,40-43,46,49-59H2,1-3H3/b19-16-,28-25-,29-26-,30-27-,38-35-,39-36-,47-44-,48-45-. The summed E-state index contributed by atoms with van der Waals surface area (Å²) in [6, 6.07) is 0. The second-order valence-electron chi connectivity index (χ2n) is 18.8. The zero-order valence-corrected chi connectivity index (χ0v) is 45.0. The molecule has 0 N–H and O–H groups in total. The van der Waals surface area contributed by atoms with E-state index < -0.39 is 6.10 Å². The van der Waals surface area contributed by atoms with E-state index in [2.05, 4.69) is 118 Å². The molecular formula is C63H106O6. The first kappa shape index (κ1) is 65.3. The van der Waals surface area contributed by atoms with Crippen LogP contribution in [0.2, 0.25) is 0 Å². The van der Waals surface area contributed by atoms with Crippen LogP contribution < -0.4 is 0 Å². The molecular weight excluding hydrogens is 853 g/mol. The highest BCUT2D eigenvalue weighted by Crippen LogP contribution is 2.13. The van der Waals surface area contributed by atoms with Gasteiger partial charge >= 0.3 is 17.9 Å². The molecule has 1 atom stereocenters. The Bertz CT molecular complexity index is 1380. The molecule has 0 aliphatic carbocycles. The molecule has 394 valence electrons. The van der Waals surface area contributed by atoms with Gasteiger partial charge in [0, 0.05) is 19.3 Å². The number of hydrogen-bond donors (Lipinski definition) is 0. The highest BCUT2D eigenvalue weighted by atomic mass is 16.6. The van der Waals surface area contributed by atoms with Gasteiger partial charge in [0.25, 0.3) is 0 Å². The van der Waals surface area contributed by atoms with Crippen LogP contribution in [-0.4, -0.2) is 37.2 Å². The highest BCUT2D eigenvalue weighted by Gasteiger charge is 2.19. The van der Waals surface area contributed by atoms with Crippen LogP contribution >= 0.6 is 0 Å². The van der Waals surface area contributed by atoms with Crippen molar-refractivity contribution in [2.24, 2.45) is 0 Å². The van der Waals surface area contributed by atoms with E-state index in [1.54, 1.807) is 0 Å². The Morgan fingerprint density at radius 3 is 0.899 bits per heavy atom. The molecule has 0 saturated carbocycles. The summed E-state index contributed by atoms with van der Waals surface area (Å²) in [5, 5.41) is 0. The fraction of sp³-hybridized carbons (Fsp3) is 0.698. The molecule has 0 aromatic heterocycles. The first-order valence-corrected chi connectivity index (χ1v) is 28.7. The minimum Gasteiger partial charge on any atom is -0.462 e.